The minimum Gasteiger partial charge on any atom is -0.492 e. The molecular weight excluding hydrogens is 913 g/mol. The van der Waals surface area contributed by atoms with E-state index in [1.807, 2.05) is 0 Å². The van der Waals surface area contributed by atoms with Gasteiger partial charge in [0.1, 0.15) is 46.8 Å². The monoisotopic (exact) mass is 1000 g/mol. The zero-order chi connectivity index (χ0) is 53.8. The lowest BCUT2D eigenvalue weighted by Crippen LogP contribution is -2.48. The van der Waals surface area contributed by atoms with Crippen LogP contribution >= 0.6 is 0 Å². The average Bonchev–Trinajstić information content (AvgIpc) is 3.20. The van der Waals surface area contributed by atoms with Crippen LogP contribution < -0.4 is 31.7 Å². The predicted octanol–water partition coefficient (Wildman–Crippen LogP) is 9.44. The molecule has 6 amide bonds. The molecule has 0 heterocycles. The van der Waals surface area contributed by atoms with Gasteiger partial charge in [-0.05, 0) is 186 Å². The molecule has 1 aromatic rings. The number of benzene rings is 1. The smallest absolute Gasteiger partial charge is 0.434 e. The Morgan fingerprint density at radius 2 is 0.915 bits per heavy atom. The molecule has 404 valence electrons. The number of nitrogens with one attached hydrogen (secondary N) is 4. The topological polar surface area (TPSA) is 251 Å². The Bertz CT molecular complexity index is 1750. The van der Waals surface area contributed by atoms with Crippen molar-refractivity contribution in [1.29, 1.82) is 0 Å². The summed E-state index contributed by atoms with van der Waals surface area (Å²) in [6.07, 6.45) is 4.75. The predicted molar refractivity (Wildman–Crippen MR) is 279 cm³/mol. The fourth-order valence-electron chi connectivity index (χ4n) is 6.71. The normalized spacial score (nSPS) is 13.4. The number of rotatable bonds is 28. The Balaban J connectivity index is 2.91. The highest BCUT2D eigenvalue weighted by Gasteiger charge is 2.26. The number of hydrogen-bond acceptors (Lipinski definition) is 13. The second-order valence-corrected chi connectivity index (χ2v) is 21.8. The number of ether oxygens (including phenoxy) is 5. The first kappa shape index (κ1) is 63.6. The van der Waals surface area contributed by atoms with Gasteiger partial charge in [-0.3, -0.25) is 14.5 Å². The molecule has 0 saturated heterocycles. The second kappa shape index (κ2) is 31.8. The largest absolute Gasteiger partial charge is 0.492 e. The number of nitrogens with zero attached hydrogens (tertiary/aromatic N) is 3. The van der Waals surface area contributed by atoms with Gasteiger partial charge in [0.25, 0.3) is 0 Å². The van der Waals surface area contributed by atoms with Gasteiger partial charge in [0.15, 0.2) is 0 Å². The maximum absolute atomic E-state index is 13.5. The van der Waals surface area contributed by atoms with Crippen LogP contribution in [0.3, 0.4) is 0 Å². The fourth-order valence-corrected chi connectivity index (χ4v) is 6.71. The van der Waals surface area contributed by atoms with Crippen molar-refractivity contribution in [2.75, 3.05) is 45.1 Å². The van der Waals surface area contributed by atoms with Crippen LogP contribution in [-0.4, -0.2) is 126 Å². The van der Waals surface area contributed by atoms with E-state index in [0.29, 0.717) is 114 Å². The van der Waals surface area contributed by atoms with Gasteiger partial charge in [0, 0.05) is 36.7 Å². The van der Waals surface area contributed by atoms with Crippen LogP contribution in [0.25, 0.3) is 0 Å². The zero-order valence-corrected chi connectivity index (χ0v) is 45.6. The van der Waals surface area contributed by atoms with Gasteiger partial charge in [-0.1, -0.05) is 25.7 Å². The van der Waals surface area contributed by atoms with E-state index in [1.54, 1.807) is 121 Å². The van der Waals surface area contributed by atoms with E-state index < -0.39 is 58.9 Å². The minimum atomic E-state index is -0.822. The van der Waals surface area contributed by atoms with Gasteiger partial charge in [0.05, 0.1) is 0 Å². The molecule has 0 unspecified atom stereocenters. The molecule has 1 aromatic carbocycles. The summed E-state index contributed by atoms with van der Waals surface area (Å²) >= 11 is 0. The van der Waals surface area contributed by atoms with Crippen molar-refractivity contribution in [3.05, 3.63) is 24.3 Å². The maximum atomic E-state index is 13.5. The highest BCUT2D eigenvalue weighted by molar-refractivity contribution is 5.92. The van der Waals surface area contributed by atoms with Crippen molar-refractivity contribution in [3.8, 4) is 5.75 Å². The highest BCUT2D eigenvalue weighted by Crippen LogP contribution is 2.16. The van der Waals surface area contributed by atoms with Gasteiger partial charge in [0.2, 0.25) is 11.8 Å². The summed E-state index contributed by atoms with van der Waals surface area (Å²) in [4.78, 5) is 87.0. The van der Waals surface area contributed by atoms with Gasteiger partial charge >= 0.3 is 24.4 Å². The Hall–Kier alpha value is -5.46. The van der Waals surface area contributed by atoms with Crippen LogP contribution in [0.15, 0.2) is 34.3 Å². The maximum Gasteiger partial charge on any atom is 0.434 e. The molecule has 71 heavy (non-hydrogen) atoms. The number of unbranched alkanes of at least 4 members (excludes halogenated alkanes) is 4. The van der Waals surface area contributed by atoms with E-state index in [2.05, 4.69) is 36.2 Å². The molecule has 0 aliphatic rings. The number of carbonyl (C=O) groups is 6. The number of aliphatic imine (C=N–C) groups is 2. The zero-order valence-electron chi connectivity index (χ0n) is 45.6. The number of alkyl carbamates (subject to hydrolysis) is 2. The lowest BCUT2D eigenvalue weighted by Gasteiger charge is -2.25. The molecule has 0 spiro atoms. The van der Waals surface area contributed by atoms with Gasteiger partial charge in [-0.15, -0.1) is 0 Å². The first-order valence-corrected chi connectivity index (χ1v) is 25.2. The van der Waals surface area contributed by atoms with E-state index in [-0.39, 0.29) is 11.8 Å². The van der Waals surface area contributed by atoms with Gasteiger partial charge in [-0.25, -0.2) is 19.2 Å². The summed E-state index contributed by atoms with van der Waals surface area (Å²) in [6, 6.07) is 5.50. The van der Waals surface area contributed by atoms with Crippen LogP contribution in [0.5, 0.6) is 5.75 Å². The lowest BCUT2D eigenvalue weighted by molar-refractivity contribution is -0.124. The molecule has 0 aliphatic heterocycles. The van der Waals surface area contributed by atoms with Crippen LogP contribution in [0.4, 0.5) is 24.9 Å². The summed E-state index contributed by atoms with van der Waals surface area (Å²) in [5.74, 6) is 0.0335. The number of carbonyl (C=O) groups excluding carboxylic acids is 6. The SMILES string of the molecule is CC(CCCCC[C@H](NC(=O)OC(C)(C)C)C(=O)NCCCN(CCCNC(=O)[C@H](CCCCCC(C)=NC(=O)OC(C)(C)C)NC(=O)OC(C)(C)C)CCOc1ccc(N)cc1)=NC(=O)OC(C)(C)C. The first-order chi connectivity index (χ1) is 32.9. The fraction of sp³-hybridized carbons (Fsp3) is 0.731. The summed E-state index contributed by atoms with van der Waals surface area (Å²) in [7, 11) is 0. The molecule has 0 aromatic heterocycles. The summed E-state index contributed by atoms with van der Waals surface area (Å²) in [5, 5.41) is 11.5. The highest BCUT2D eigenvalue weighted by atomic mass is 16.6. The molecule has 2 atom stereocenters. The molecule has 19 nitrogen and oxygen atoms in total. The first-order valence-electron chi connectivity index (χ1n) is 25.2. The molecule has 6 N–H and O–H groups in total. The van der Waals surface area contributed by atoms with Crippen molar-refractivity contribution in [3.63, 3.8) is 0 Å². The summed E-state index contributed by atoms with van der Waals surface area (Å²) in [6.45, 7) is 27.6. The van der Waals surface area contributed by atoms with Crippen molar-refractivity contribution >= 4 is 53.3 Å². The molecule has 0 radical (unpaired) electrons. The Morgan fingerprint density at radius 1 is 0.535 bits per heavy atom. The Labute approximate surface area is 424 Å². The summed E-state index contributed by atoms with van der Waals surface area (Å²) in [5.41, 5.74) is 5.04. The molecule has 0 saturated carbocycles. The Kier molecular flexibility index (Phi) is 28.5. The van der Waals surface area contributed by atoms with Crippen LogP contribution in [-0.2, 0) is 28.5 Å². The molecule has 1 rings (SSSR count). The van der Waals surface area contributed by atoms with E-state index in [0.717, 1.165) is 25.7 Å². The number of nitrogen functional groups attached to an aromatic ring is 1. The number of anilines is 1. The van der Waals surface area contributed by atoms with Crippen molar-refractivity contribution in [1.82, 2.24) is 26.2 Å². The van der Waals surface area contributed by atoms with E-state index in [4.69, 9.17) is 29.4 Å². The van der Waals surface area contributed by atoms with Crippen LogP contribution in [0, 0.1) is 0 Å². The number of nitrogens with two attached hydrogens (primary N) is 1. The number of amides is 6. The van der Waals surface area contributed by atoms with Crippen molar-refractivity contribution in [2.45, 2.75) is 208 Å². The summed E-state index contributed by atoms with van der Waals surface area (Å²) < 4.78 is 27.5. The molecule has 19 heteroatoms. The van der Waals surface area contributed by atoms with Crippen molar-refractivity contribution in [2.24, 2.45) is 9.98 Å². The second-order valence-electron chi connectivity index (χ2n) is 21.8. The molecule has 0 fully saturated rings. The van der Waals surface area contributed by atoms with Crippen LogP contribution in [0.1, 0.15) is 174 Å². The van der Waals surface area contributed by atoms with Gasteiger partial charge < -0.3 is 50.7 Å². The molecule has 0 aliphatic carbocycles. The molecule has 0 bridgehead atoms. The van der Waals surface area contributed by atoms with Crippen LogP contribution in [0.2, 0.25) is 0 Å². The quantitative estimate of drug-likeness (QED) is 0.0227. The third-order valence-electron chi connectivity index (χ3n) is 9.89. The van der Waals surface area contributed by atoms with E-state index in [1.165, 1.54) is 0 Å². The average molecular weight is 1000 g/mol. The van der Waals surface area contributed by atoms with Gasteiger partial charge in [-0.2, -0.15) is 9.98 Å². The number of hydrogen-bond donors (Lipinski definition) is 5. The Morgan fingerprint density at radius 3 is 1.28 bits per heavy atom. The molecular formula is C52H90N8O11. The minimum absolute atomic E-state index is 0.323. The third kappa shape index (κ3) is 35.3. The lowest BCUT2D eigenvalue weighted by atomic mass is 10.1. The van der Waals surface area contributed by atoms with E-state index in [9.17, 15) is 28.8 Å². The van der Waals surface area contributed by atoms with E-state index >= 15 is 0 Å². The van der Waals surface area contributed by atoms with Crippen molar-refractivity contribution < 1.29 is 52.5 Å². The standard InChI is InChI=1S/C52H90N8O11/c1-37(56-45(63)68-49(3,4)5)23-17-15-19-25-41(58-47(65)70-51(9,10)11)43(61)54-31-21-33-60(35-36-67-40-29-27-39(53)28-30-40)34-22-32-55-44(62)42(59-48(66)71-52(12,13)14)26-20-16-18-24-38(2)57-46(64)69-50(6,7)8/h27-30,41-42H,15-26,31-36,53H2,1-14H3,(H,54,61)(H,55,62)(H,58,65)(H,59,66)/t41-,42-/m0/s1. The third-order valence-corrected chi connectivity index (χ3v) is 9.89.